The van der Waals surface area contributed by atoms with E-state index in [2.05, 4.69) is 43.0 Å². The molecule has 2 bridgehead atoms. The number of nitrogens with two attached hydrogens (primary N) is 1. The topological polar surface area (TPSA) is 105 Å². The number of aliphatic imine (C=N–C) groups is 1. The van der Waals surface area contributed by atoms with Gasteiger partial charge in [-0.05, 0) is 41.2 Å². The molecular formula is C25H26N4O2. The van der Waals surface area contributed by atoms with E-state index in [1.165, 1.54) is 16.3 Å². The van der Waals surface area contributed by atoms with E-state index in [1.807, 2.05) is 6.92 Å². The molecular weight excluding hydrogens is 388 g/mol. The average molecular weight is 415 g/mol. The predicted molar refractivity (Wildman–Crippen MR) is 121 cm³/mol. The first-order chi connectivity index (χ1) is 14.9. The van der Waals surface area contributed by atoms with Gasteiger partial charge in [0.1, 0.15) is 18.0 Å². The first-order valence-electron chi connectivity index (χ1n) is 10.9. The number of nitrogens with zero attached hydrogens (tertiary/aromatic N) is 1. The summed E-state index contributed by atoms with van der Waals surface area (Å²) >= 11 is 0. The lowest BCUT2D eigenvalue weighted by Gasteiger charge is -2.31. The third kappa shape index (κ3) is 2.54. The van der Waals surface area contributed by atoms with Crippen molar-refractivity contribution in [3.05, 3.63) is 59.7 Å². The second kappa shape index (κ2) is 6.42. The van der Waals surface area contributed by atoms with Crippen LogP contribution < -0.4 is 5.73 Å². The molecule has 0 radical (unpaired) electrons. The molecule has 0 aromatic heterocycles. The average Bonchev–Trinajstić information content (AvgIpc) is 3.45. The summed E-state index contributed by atoms with van der Waals surface area (Å²) < 4.78 is 12.3. The third-order valence-corrected chi connectivity index (χ3v) is 7.69. The van der Waals surface area contributed by atoms with Crippen molar-refractivity contribution in [2.24, 2.45) is 34.4 Å². The van der Waals surface area contributed by atoms with Gasteiger partial charge in [-0.25, -0.2) is 0 Å². The molecule has 2 aromatic rings. The predicted octanol–water partition coefficient (Wildman–Crippen LogP) is 3.99. The molecule has 0 spiro atoms. The first-order valence-corrected chi connectivity index (χ1v) is 10.9. The molecule has 158 valence electrons. The molecule has 4 N–H and O–H groups in total. The Labute approximate surface area is 181 Å². The maximum Gasteiger partial charge on any atom is 0.185 e. The molecule has 6 rings (SSSR count). The van der Waals surface area contributed by atoms with E-state index in [9.17, 15) is 0 Å². The summed E-state index contributed by atoms with van der Waals surface area (Å²) in [4.78, 5) is 4.72. The number of benzene rings is 2. The number of fused-ring (bicyclic) bond motifs is 1. The highest BCUT2D eigenvalue weighted by molar-refractivity contribution is 5.96. The van der Waals surface area contributed by atoms with E-state index < -0.39 is 0 Å². The van der Waals surface area contributed by atoms with Crippen LogP contribution >= 0.6 is 0 Å². The molecule has 2 aromatic carbocycles. The molecule has 2 saturated carbocycles. The summed E-state index contributed by atoms with van der Waals surface area (Å²) in [6.07, 6.45) is 1.38. The Morgan fingerprint density at radius 3 is 2.77 bits per heavy atom. The highest BCUT2D eigenvalue weighted by atomic mass is 16.5. The minimum Gasteiger partial charge on any atom is -0.475 e. The van der Waals surface area contributed by atoms with Crippen LogP contribution in [0.25, 0.3) is 10.8 Å². The van der Waals surface area contributed by atoms with Crippen molar-refractivity contribution in [1.29, 1.82) is 10.8 Å². The zero-order chi connectivity index (χ0) is 21.4. The number of hydrogen-bond donors (Lipinski definition) is 3. The van der Waals surface area contributed by atoms with Gasteiger partial charge < -0.3 is 15.2 Å². The highest BCUT2D eigenvalue weighted by Gasteiger charge is 2.67. The van der Waals surface area contributed by atoms with Gasteiger partial charge in [0, 0.05) is 17.9 Å². The lowest BCUT2D eigenvalue weighted by Crippen LogP contribution is -2.41. The Morgan fingerprint density at radius 1 is 1.23 bits per heavy atom. The fourth-order valence-corrected chi connectivity index (χ4v) is 6.40. The lowest BCUT2D eigenvalue weighted by molar-refractivity contribution is 0.130. The van der Waals surface area contributed by atoms with Crippen molar-refractivity contribution in [3.8, 4) is 0 Å². The monoisotopic (exact) mass is 414 g/mol. The van der Waals surface area contributed by atoms with Crippen molar-refractivity contribution < 1.29 is 9.47 Å². The van der Waals surface area contributed by atoms with Crippen LogP contribution in [0.2, 0.25) is 0 Å². The Bertz CT molecular complexity index is 1180. The van der Waals surface area contributed by atoms with Crippen LogP contribution in [0.4, 0.5) is 0 Å². The zero-order valence-electron chi connectivity index (χ0n) is 17.5. The number of amidine groups is 1. The molecule has 1 aliphatic heterocycles. The molecule has 1 heterocycles. The van der Waals surface area contributed by atoms with Gasteiger partial charge in [0.15, 0.2) is 11.8 Å². The second-order valence-electron chi connectivity index (χ2n) is 9.38. The van der Waals surface area contributed by atoms with Crippen molar-refractivity contribution >= 4 is 28.4 Å². The third-order valence-electron chi connectivity index (χ3n) is 7.69. The molecule has 4 aliphatic rings. The van der Waals surface area contributed by atoms with Crippen LogP contribution in [0.5, 0.6) is 0 Å². The van der Waals surface area contributed by atoms with Gasteiger partial charge in [0.2, 0.25) is 0 Å². The summed E-state index contributed by atoms with van der Waals surface area (Å²) in [6, 6.07) is 12.5. The molecule has 6 nitrogen and oxygen atoms in total. The van der Waals surface area contributed by atoms with E-state index in [-0.39, 0.29) is 53.7 Å². The minimum atomic E-state index is -0.189. The van der Waals surface area contributed by atoms with Crippen molar-refractivity contribution in [2.75, 3.05) is 0 Å². The Morgan fingerprint density at radius 2 is 2.00 bits per heavy atom. The largest absolute Gasteiger partial charge is 0.475 e. The van der Waals surface area contributed by atoms with Gasteiger partial charge in [0.05, 0.1) is 17.9 Å². The van der Waals surface area contributed by atoms with E-state index in [1.54, 1.807) is 0 Å². The minimum absolute atomic E-state index is 0.0837. The molecule has 3 fully saturated rings. The molecule has 0 amide bonds. The molecule has 6 heteroatoms. The maximum atomic E-state index is 8.93. The van der Waals surface area contributed by atoms with Gasteiger partial charge in [0.25, 0.3) is 0 Å². The van der Waals surface area contributed by atoms with Gasteiger partial charge in [-0.3, -0.25) is 15.8 Å². The molecule has 7 unspecified atom stereocenters. The van der Waals surface area contributed by atoms with Crippen LogP contribution in [0.3, 0.4) is 0 Å². The number of rotatable bonds is 4. The SMILES string of the molecule is C=C(C)C(N)=NC1C2CC3C1OC(=N)C3C2C(=N)OC1Cc2cccc3cccc1c23. The van der Waals surface area contributed by atoms with Crippen molar-refractivity contribution in [1.82, 2.24) is 0 Å². The Kier molecular flexibility index (Phi) is 3.86. The van der Waals surface area contributed by atoms with Crippen LogP contribution in [0, 0.1) is 34.5 Å². The highest BCUT2D eigenvalue weighted by Crippen LogP contribution is 2.59. The number of nitrogens with one attached hydrogen (secondary N) is 2. The number of hydrogen-bond acceptors (Lipinski definition) is 5. The van der Waals surface area contributed by atoms with Gasteiger partial charge in [-0.1, -0.05) is 43.0 Å². The van der Waals surface area contributed by atoms with E-state index in [0.29, 0.717) is 5.84 Å². The summed E-state index contributed by atoms with van der Waals surface area (Å²) in [5.74, 6) is 1.01. The second-order valence-corrected chi connectivity index (χ2v) is 9.38. The van der Waals surface area contributed by atoms with Crippen molar-refractivity contribution in [3.63, 3.8) is 0 Å². The van der Waals surface area contributed by atoms with E-state index >= 15 is 0 Å². The Hall–Kier alpha value is -3.15. The van der Waals surface area contributed by atoms with E-state index in [4.69, 9.17) is 31.0 Å². The molecule has 1 saturated heterocycles. The van der Waals surface area contributed by atoms with Gasteiger partial charge in [-0.2, -0.15) is 0 Å². The fourth-order valence-electron chi connectivity index (χ4n) is 6.40. The van der Waals surface area contributed by atoms with Gasteiger partial charge >= 0.3 is 0 Å². The molecule has 7 atom stereocenters. The Balaban J connectivity index is 1.30. The quantitative estimate of drug-likeness (QED) is 0.520. The first kappa shape index (κ1) is 18.6. The van der Waals surface area contributed by atoms with E-state index in [0.717, 1.165) is 24.0 Å². The zero-order valence-corrected chi connectivity index (χ0v) is 17.5. The van der Waals surface area contributed by atoms with Crippen LogP contribution in [0.1, 0.15) is 30.6 Å². The summed E-state index contributed by atoms with van der Waals surface area (Å²) in [6.45, 7) is 5.73. The normalized spacial score (nSPS) is 34.9. The summed E-state index contributed by atoms with van der Waals surface area (Å²) in [7, 11) is 0. The molecule has 3 aliphatic carbocycles. The van der Waals surface area contributed by atoms with Crippen LogP contribution in [0.15, 0.2) is 53.5 Å². The molecule has 31 heavy (non-hydrogen) atoms. The van der Waals surface area contributed by atoms with Gasteiger partial charge in [-0.15, -0.1) is 0 Å². The smallest absolute Gasteiger partial charge is 0.185 e. The lowest BCUT2D eigenvalue weighted by atomic mass is 9.77. The number of ether oxygens (including phenoxy) is 2. The van der Waals surface area contributed by atoms with Crippen molar-refractivity contribution in [2.45, 2.75) is 38.0 Å². The fraction of sp³-hybridized carbons (Fsp3) is 0.400. The van der Waals surface area contributed by atoms with Crippen LogP contribution in [-0.4, -0.2) is 29.8 Å². The van der Waals surface area contributed by atoms with Crippen LogP contribution in [-0.2, 0) is 15.9 Å². The summed E-state index contributed by atoms with van der Waals surface area (Å²) in [5, 5.41) is 19.8. The summed E-state index contributed by atoms with van der Waals surface area (Å²) in [5.41, 5.74) is 9.25. The maximum absolute atomic E-state index is 8.93. The standard InChI is InChI=1S/C25H26N4O2/c1-11(2)23(26)29-21-15-10-16-20(25(28)31-22(16)21)19(15)24(27)30-17-9-13-7-3-5-12-6-4-8-14(17)18(12)13/h3-8,15-17,19-22,27-28H,1,9-10H2,2H3,(H2,26,29).